The number of nitrogens with one attached hydrogen (secondary N) is 1. The number of hydrogen-bond donors (Lipinski definition) is 1. The van der Waals surface area contributed by atoms with E-state index >= 15 is 0 Å². The number of aromatic nitrogens is 4. The van der Waals surface area contributed by atoms with E-state index in [4.69, 9.17) is 0 Å². The molecule has 3 amide bonds. The van der Waals surface area contributed by atoms with E-state index in [2.05, 4.69) is 15.4 Å². The summed E-state index contributed by atoms with van der Waals surface area (Å²) in [6, 6.07) is 1.82. The highest BCUT2D eigenvalue weighted by Crippen LogP contribution is 2.53. The minimum absolute atomic E-state index is 0.0759. The molecule has 9 nitrogen and oxygen atoms in total. The third kappa shape index (κ3) is 4.08. The molecule has 0 radical (unpaired) electrons. The second kappa shape index (κ2) is 7.81. The molecule has 9 heteroatoms. The number of likely N-dealkylation sites (tertiary alicyclic amines) is 1. The van der Waals surface area contributed by atoms with Crippen LogP contribution in [0.4, 0.5) is 4.79 Å². The van der Waals surface area contributed by atoms with E-state index in [-0.39, 0.29) is 11.9 Å². The summed E-state index contributed by atoms with van der Waals surface area (Å²) < 4.78 is 3.42. The van der Waals surface area contributed by atoms with Gasteiger partial charge in [0.2, 0.25) is 0 Å². The average molecular weight is 398 g/mol. The van der Waals surface area contributed by atoms with Gasteiger partial charge in [-0.1, -0.05) is 4.98 Å². The summed E-state index contributed by atoms with van der Waals surface area (Å²) in [6.45, 7) is 5.05. The molecule has 0 aromatic carbocycles. The van der Waals surface area contributed by atoms with Gasteiger partial charge < -0.3 is 10.2 Å². The van der Waals surface area contributed by atoms with Crippen molar-refractivity contribution in [2.75, 3.05) is 24.6 Å². The number of carbonyl (C=O) groups is 2. The van der Waals surface area contributed by atoms with Crippen molar-refractivity contribution >= 4 is 11.9 Å². The van der Waals surface area contributed by atoms with Crippen molar-refractivity contribution < 1.29 is 14.3 Å². The third-order valence-electron chi connectivity index (χ3n) is 5.98. The van der Waals surface area contributed by atoms with Crippen LogP contribution < -0.4 is 15.0 Å². The lowest BCUT2D eigenvalue weighted by molar-refractivity contribution is -0.730. The topological polar surface area (TPSA) is 87.2 Å². The Morgan fingerprint density at radius 3 is 2.59 bits per heavy atom. The van der Waals surface area contributed by atoms with Crippen LogP contribution in [0.2, 0.25) is 0 Å². The number of hydrogen-bond acceptors (Lipinski definition) is 4. The average Bonchev–Trinajstić information content (AvgIpc) is 3.31. The van der Waals surface area contributed by atoms with Crippen molar-refractivity contribution in [2.45, 2.75) is 39.2 Å². The van der Waals surface area contributed by atoms with Crippen LogP contribution >= 0.6 is 0 Å². The molecular formula is C20H28N7O2+. The molecule has 1 saturated carbocycles. The third-order valence-corrected chi connectivity index (χ3v) is 5.98. The van der Waals surface area contributed by atoms with Gasteiger partial charge in [0, 0.05) is 38.9 Å². The fourth-order valence-corrected chi connectivity index (χ4v) is 3.86. The first-order chi connectivity index (χ1) is 14.0. The predicted octanol–water partition coefficient (Wildman–Crippen LogP) is 0.987. The number of aryl methyl sites for hydroxylation is 1. The number of fused-ring (bicyclic) bond motifs is 1. The monoisotopic (exact) mass is 398 g/mol. The largest absolute Gasteiger partial charge is 0.353 e. The zero-order chi connectivity index (χ0) is 20.4. The minimum atomic E-state index is -0.0759. The van der Waals surface area contributed by atoms with Gasteiger partial charge >= 0.3 is 12.4 Å². The molecule has 1 aliphatic carbocycles. The van der Waals surface area contributed by atoms with Crippen molar-refractivity contribution in [1.29, 1.82) is 0 Å². The highest BCUT2D eigenvalue weighted by molar-refractivity contribution is 5.93. The zero-order valence-corrected chi connectivity index (χ0v) is 17.0. The first-order valence-electron chi connectivity index (χ1n) is 10.2. The molecule has 2 aliphatic heterocycles. The molecule has 0 atom stereocenters. The molecule has 154 valence electrons. The van der Waals surface area contributed by atoms with Gasteiger partial charge in [-0.15, -0.1) is 9.69 Å². The number of piperidine rings is 1. The van der Waals surface area contributed by atoms with Crippen LogP contribution in [0, 0.1) is 5.41 Å². The minimum Gasteiger partial charge on any atom is -0.339 e. The Bertz CT molecular complexity index is 896. The summed E-state index contributed by atoms with van der Waals surface area (Å²) in [4.78, 5) is 29.4. The predicted molar refractivity (Wildman–Crippen MR) is 105 cm³/mol. The second-order valence-electron chi connectivity index (χ2n) is 8.00. The Morgan fingerprint density at radius 2 is 2.00 bits per heavy atom. The van der Waals surface area contributed by atoms with Crippen LogP contribution in [-0.4, -0.2) is 51.2 Å². The Labute approximate surface area is 170 Å². The van der Waals surface area contributed by atoms with E-state index in [1.54, 1.807) is 39.3 Å². The molecule has 0 bridgehead atoms. The van der Waals surface area contributed by atoms with Crippen molar-refractivity contribution in [2.24, 2.45) is 12.5 Å². The number of rotatable bonds is 2. The maximum absolute atomic E-state index is 12.1. The van der Waals surface area contributed by atoms with Gasteiger partial charge in [-0.25, -0.2) is 4.79 Å². The van der Waals surface area contributed by atoms with Gasteiger partial charge in [-0.05, 0) is 38.0 Å². The molecule has 2 aromatic rings. The van der Waals surface area contributed by atoms with E-state index in [1.165, 1.54) is 25.7 Å². The van der Waals surface area contributed by atoms with Gasteiger partial charge in [-0.3, -0.25) is 9.48 Å². The number of carbonyl (C=O) groups excluding carboxylic acids is 2. The Balaban J connectivity index is 0.000000145. The summed E-state index contributed by atoms with van der Waals surface area (Å²) >= 11 is 0. The van der Waals surface area contributed by atoms with Gasteiger partial charge in [0.05, 0.1) is 11.8 Å². The van der Waals surface area contributed by atoms with Crippen molar-refractivity contribution in [3.63, 3.8) is 0 Å². The molecule has 0 unspecified atom stereocenters. The lowest BCUT2D eigenvalue weighted by atomic mass is 9.93. The molecule has 1 spiro atoms. The van der Waals surface area contributed by atoms with Crippen LogP contribution in [0.25, 0.3) is 0 Å². The Morgan fingerprint density at radius 1 is 1.24 bits per heavy atom. The van der Waals surface area contributed by atoms with Crippen LogP contribution in [0.15, 0.2) is 31.0 Å². The van der Waals surface area contributed by atoms with Crippen molar-refractivity contribution in [1.82, 2.24) is 25.0 Å². The van der Waals surface area contributed by atoms with E-state index < -0.39 is 0 Å². The lowest BCUT2D eigenvalue weighted by Crippen LogP contribution is -2.73. The molecule has 3 aliphatic rings. The fourth-order valence-electron chi connectivity index (χ4n) is 3.86. The van der Waals surface area contributed by atoms with Crippen molar-refractivity contribution in [3.8, 4) is 0 Å². The maximum Gasteiger partial charge on any atom is 0.353 e. The summed E-state index contributed by atoms with van der Waals surface area (Å²) in [7, 11) is 1.84. The maximum atomic E-state index is 12.1. The number of urea groups is 1. The van der Waals surface area contributed by atoms with Gasteiger partial charge in [-0.2, -0.15) is 5.10 Å². The summed E-state index contributed by atoms with van der Waals surface area (Å²) in [5, 5.41) is 8.37. The van der Waals surface area contributed by atoms with Crippen LogP contribution in [-0.2, 0) is 13.6 Å². The van der Waals surface area contributed by atoms with E-state index in [1.807, 2.05) is 24.9 Å². The van der Waals surface area contributed by atoms with Gasteiger partial charge in [0.15, 0.2) is 5.69 Å². The standard InChI is InChI=1S/C12H17N3O.C8H10N4O/c1-14-9-10(8-13-14)11(16)15-6-4-12(2-3-12)5-7-15;1-2-10-8(13)11-5-7-3-4-9-6-12(7)11/h8-9H,2-7H2,1H3;3-4,6H,2,5H2,1H3/p+1. The summed E-state index contributed by atoms with van der Waals surface area (Å²) in [6.07, 6.45) is 11.9. The van der Waals surface area contributed by atoms with E-state index in [0.29, 0.717) is 24.1 Å². The van der Waals surface area contributed by atoms with Crippen LogP contribution in [0.3, 0.4) is 0 Å². The molecule has 5 rings (SSSR count). The SMILES string of the molecule is CCNC(=O)N1Cc2ccnc[n+]21.Cn1cc(C(=O)N2CCC3(CC2)CC3)cn1. The number of amides is 3. The van der Waals surface area contributed by atoms with Gasteiger partial charge in [0.25, 0.3) is 5.91 Å². The number of nitrogens with zero attached hydrogens (tertiary/aromatic N) is 6. The van der Waals surface area contributed by atoms with Crippen LogP contribution in [0.5, 0.6) is 0 Å². The molecule has 1 N–H and O–H groups in total. The normalized spacial score (nSPS) is 18.3. The molecule has 2 fully saturated rings. The molecule has 29 heavy (non-hydrogen) atoms. The van der Waals surface area contributed by atoms with Gasteiger partial charge in [0.1, 0.15) is 12.7 Å². The molecule has 1 saturated heterocycles. The quantitative estimate of drug-likeness (QED) is 0.764. The Kier molecular flexibility index (Phi) is 5.21. The lowest BCUT2D eigenvalue weighted by Gasteiger charge is -2.31. The smallest absolute Gasteiger partial charge is 0.339 e. The van der Waals surface area contributed by atoms with Crippen molar-refractivity contribution in [3.05, 3.63) is 42.2 Å². The Hall–Kier alpha value is -2.97. The molecular weight excluding hydrogens is 370 g/mol. The van der Waals surface area contributed by atoms with Crippen LogP contribution in [0.1, 0.15) is 48.7 Å². The summed E-state index contributed by atoms with van der Waals surface area (Å²) in [5.74, 6) is 0.142. The summed E-state index contributed by atoms with van der Waals surface area (Å²) in [5.41, 5.74) is 2.45. The van der Waals surface area contributed by atoms with E-state index in [9.17, 15) is 9.59 Å². The highest BCUT2D eigenvalue weighted by Gasteiger charge is 2.45. The molecule has 4 heterocycles. The first-order valence-corrected chi connectivity index (χ1v) is 10.2. The van der Waals surface area contributed by atoms with E-state index in [0.717, 1.165) is 18.8 Å². The zero-order valence-electron chi connectivity index (χ0n) is 17.0. The molecule has 2 aromatic heterocycles. The second-order valence-corrected chi connectivity index (χ2v) is 8.00. The highest BCUT2D eigenvalue weighted by atomic mass is 16.2. The fraction of sp³-hybridized carbons (Fsp3) is 0.550. The first kappa shape index (κ1) is 19.4.